The van der Waals surface area contributed by atoms with Crippen molar-refractivity contribution in [2.45, 2.75) is 39.7 Å². The highest BCUT2D eigenvalue weighted by Gasteiger charge is 2.31. The number of hydrogen-bond acceptors (Lipinski definition) is 4. The molecule has 7 nitrogen and oxygen atoms in total. The van der Waals surface area contributed by atoms with Gasteiger partial charge in [-0.15, -0.1) is 0 Å². The summed E-state index contributed by atoms with van der Waals surface area (Å²) in [5.41, 5.74) is 5.45. The summed E-state index contributed by atoms with van der Waals surface area (Å²) in [6.07, 6.45) is 1.31. The number of nitrogens with zero attached hydrogens (tertiary/aromatic N) is 5. The predicted octanol–water partition coefficient (Wildman–Crippen LogP) is 7.39. The number of hydrogen-bond donors (Lipinski definition) is 0. The summed E-state index contributed by atoms with van der Waals surface area (Å²) in [6.45, 7) is 21.1. The molecule has 1 saturated heterocycles. The Balaban J connectivity index is 1.87. The van der Waals surface area contributed by atoms with Crippen LogP contribution in [0, 0.1) is 24.8 Å². The summed E-state index contributed by atoms with van der Waals surface area (Å²) in [5, 5.41) is 10.5. The summed E-state index contributed by atoms with van der Waals surface area (Å²) in [6, 6.07) is 19.0. The molecular weight excluding hydrogens is 558 g/mol. The summed E-state index contributed by atoms with van der Waals surface area (Å²) in [4.78, 5) is 34.4. The van der Waals surface area contributed by atoms with Crippen LogP contribution in [0.4, 0.5) is 11.4 Å². The zero-order valence-electron chi connectivity index (χ0n) is 24.7. The maximum atomic E-state index is 14.4. The highest BCUT2D eigenvalue weighted by atomic mass is 35.5. The van der Waals surface area contributed by atoms with Gasteiger partial charge in [-0.1, -0.05) is 56.3 Å². The van der Waals surface area contributed by atoms with Gasteiger partial charge in [-0.2, -0.15) is 5.26 Å². The molecule has 0 N–H and O–H groups in total. The van der Waals surface area contributed by atoms with Crippen molar-refractivity contribution < 1.29 is 4.79 Å². The molecule has 1 aliphatic heterocycles. The molecule has 1 atom stereocenters. The number of carbonyl (C=O) groups is 1. The second-order valence-electron chi connectivity index (χ2n) is 11.2. The van der Waals surface area contributed by atoms with Crippen LogP contribution in [-0.2, 0) is 4.79 Å². The van der Waals surface area contributed by atoms with Crippen molar-refractivity contribution in [1.29, 1.82) is 5.26 Å². The number of piperazine rings is 1. The zero-order chi connectivity index (χ0) is 31.0. The van der Waals surface area contributed by atoms with Gasteiger partial charge in [-0.3, -0.25) is 14.2 Å². The molecule has 3 aromatic carbocycles. The third kappa shape index (κ3) is 5.18. The summed E-state index contributed by atoms with van der Waals surface area (Å²) in [5.74, 6) is -0.0230. The Morgan fingerprint density at radius 3 is 2.53 bits per heavy atom. The van der Waals surface area contributed by atoms with Gasteiger partial charge in [0.2, 0.25) is 5.91 Å². The molecule has 1 aromatic heterocycles. The number of aryl methyl sites for hydroxylation is 1. The molecule has 216 valence electrons. The average Bonchev–Trinajstić information content (AvgIpc) is 3.00. The second kappa shape index (κ2) is 11.8. The lowest BCUT2D eigenvalue weighted by molar-refractivity contribution is -0.126. The van der Waals surface area contributed by atoms with Crippen molar-refractivity contribution >= 4 is 39.8 Å². The normalized spacial score (nSPS) is 14.9. The van der Waals surface area contributed by atoms with E-state index in [0.29, 0.717) is 52.5 Å². The van der Waals surface area contributed by atoms with Crippen LogP contribution in [0.5, 0.6) is 0 Å². The molecule has 43 heavy (non-hydrogen) atoms. The fourth-order valence-corrected chi connectivity index (χ4v) is 6.32. The molecule has 2 heterocycles. The lowest BCUT2D eigenvalue weighted by Gasteiger charge is -2.42. The number of rotatable bonds is 5. The van der Waals surface area contributed by atoms with Crippen LogP contribution in [0.25, 0.3) is 32.6 Å². The fraction of sp³-hybridized carbons (Fsp3) is 0.257. The maximum Gasteiger partial charge on any atom is 0.274 e. The molecule has 0 spiro atoms. The summed E-state index contributed by atoms with van der Waals surface area (Å²) in [7, 11) is 0. The molecule has 0 radical (unpaired) electrons. The van der Waals surface area contributed by atoms with Crippen LogP contribution in [0.15, 0.2) is 72.0 Å². The fourth-order valence-electron chi connectivity index (χ4n) is 6.05. The van der Waals surface area contributed by atoms with E-state index in [9.17, 15) is 14.9 Å². The van der Waals surface area contributed by atoms with Crippen molar-refractivity contribution in [3.63, 3.8) is 0 Å². The minimum Gasteiger partial charge on any atom is -0.373 e. The number of anilines is 1. The highest BCUT2D eigenvalue weighted by molar-refractivity contribution is 6.34. The van der Waals surface area contributed by atoms with Gasteiger partial charge in [0, 0.05) is 41.6 Å². The molecule has 4 aromatic rings. The molecule has 0 saturated carbocycles. The second-order valence-corrected chi connectivity index (χ2v) is 11.6. The smallest absolute Gasteiger partial charge is 0.274 e. The number of carbonyl (C=O) groups excluding carboxylic acids is 1. The van der Waals surface area contributed by atoms with E-state index in [4.69, 9.17) is 18.2 Å². The number of halogens is 1. The van der Waals surface area contributed by atoms with Crippen molar-refractivity contribution in [3.8, 4) is 22.9 Å². The van der Waals surface area contributed by atoms with Gasteiger partial charge in [0.15, 0.2) is 0 Å². The van der Waals surface area contributed by atoms with E-state index in [0.717, 1.165) is 22.3 Å². The van der Waals surface area contributed by atoms with E-state index >= 15 is 0 Å². The first-order valence-corrected chi connectivity index (χ1v) is 14.6. The van der Waals surface area contributed by atoms with Crippen molar-refractivity contribution in [3.05, 3.63) is 111 Å². The number of amides is 1. The first-order chi connectivity index (χ1) is 20.6. The lowest BCUT2D eigenvalue weighted by Crippen LogP contribution is -2.53. The quantitative estimate of drug-likeness (QED) is 0.180. The SMILES string of the molecule is [C-]#[N+]c1c(N2CCN(C(=O)C=C)C[C@@H]2C)c2cc(Cl)c(-c3ccc(C#N)cc3C)cc2n(-c2ccccc2C(C)C)c1=O. The molecule has 1 amide bonds. The average molecular weight is 590 g/mol. The van der Waals surface area contributed by atoms with Crippen LogP contribution < -0.4 is 10.5 Å². The van der Waals surface area contributed by atoms with Crippen LogP contribution in [0.2, 0.25) is 5.02 Å². The van der Waals surface area contributed by atoms with Gasteiger partial charge in [0.1, 0.15) is 0 Å². The predicted molar refractivity (Wildman–Crippen MR) is 173 cm³/mol. The molecule has 1 aliphatic rings. The van der Waals surface area contributed by atoms with E-state index in [1.807, 2.05) is 67.3 Å². The summed E-state index contributed by atoms with van der Waals surface area (Å²) >= 11 is 7.02. The van der Waals surface area contributed by atoms with Gasteiger partial charge in [0.25, 0.3) is 11.2 Å². The minimum atomic E-state index is -0.410. The van der Waals surface area contributed by atoms with Gasteiger partial charge in [-0.05, 0) is 72.9 Å². The molecule has 1 fully saturated rings. The Morgan fingerprint density at radius 2 is 1.91 bits per heavy atom. The maximum absolute atomic E-state index is 14.4. The van der Waals surface area contributed by atoms with E-state index in [1.165, 1.54) is 6.08 Å². The lowest BCUT2D eigenvalue weighted by atomic mass is 9.95. The van der Waals surface area contributed by atoms with Crippen LogP contribution in [0.3, 0.4) is 0 Å². The number of pyridine rings is 1. The van der Waals surface area contributed by atoms with Crippen LogP contribution >= 0.6 is 11.6 Å². The molecule has 0 unspecified atom stereocenters. The van der Waals surface area contributed by atoms with Crippen molar-refractivity contribution in [2.24, 2.45) is 0 Å². The monoisotopic (exact) mass is 589 g/mol. The Hall–Kier alpha value is -4.85. The molecular formula is C35H32ClN5O2. The van der Waals surface area contributed by atoms with Crippen LogP contribution in [0.1, 0.15) is 43.4 Å². The largest absolute Gasteiger partial charge is 0.373 e. The zero-order valence-corrected chi connectivity index (χ0v) is 25.4. The topological polar surface area (TPSA) is 73.7 Å². The summed E-state index contributed by atoms with van der Waals surface area (Å²) < 4.78 is 1.64. The molecule has 0 aliphatic carbocycles. The molecule has 0 bridgehead atoms. The standard InChI is InChI=1S/C35H32ClN5O2/c1-7-32(42)39-14-15-40(23(5)20-39)34-28-17-29(36)27(26-13-12-24(19-37)16-22(26)4)18-31(28)41(35(43)33(34)38-6)30-11-9-8-10-25(30)21(2)3/h7-13,16-18,21,23H,1,14-15,20H2,2-5H3/t23-/m0/s1. The Labute approximate surface area is 256 Å². The first-order valence-electron chi connectivity index (χ1n) is 14.2. The Bertz CT molecular complexity index is 1930. The van der Waals surface area contributed by atoms with E-state index in [2.05, 4.69) is 31.3 Å². The number of nitriles is 1. The number of benzene rings is 3. The van der Waals surface area contributed by atoms with E-state index < -0.39 is 5.56 Å². The van der Waals surface area contributed by atoms with E-state index in [-0.39, 0.29) is 23.6 Å². The van der Waals surface area contributed by atoms with Crippen LogP contribution in [-0.4, -0.2) is 41.1 Å². The van der Waals surface area contributed by atoms with Gasteiger partial charge in [-0.25, -0.2) is 4.85 Å². The Morgan fingerprint density at radius 1 is 1.16 bits per heavy atom. The third-order valence-corrected chi connectivity index (χ3v) is 8.48. The molecule has 5 rings (SSSR count). The highest BCUT2D eigenvalue weighted by Crippen LogP contribution is 2.42. The van der Waals surface area contributed by atoms with Gasteiger partial charge >= 0.3 is 0 Å². The number of fused-ring (bicyclic) bond motifs is 1. The van der Waals surface area contributed by atoms with Gasteiger partial charge < -0.3 is 9.80 Å². The Kier molecular flexibility index (Phi) is 8.13. The number of aromatic nitrogens is 1. The van der Waals surface area contributed by atoms with Crippen molar-refractivity contribution in [1.82, 2.24) is 9.47 Å². The third-order valence-electron chi connectivity index (χ3n) is 8.17. The number of para-hydroxylation sites is 1. The molecule has 8 heteroatoms. The van der Waals surface area contributed by atoms with E-state index in [1.54, 1.807) is 15.5 Å². The van der Waals surface area contributed by atoms with Gasteiger partial charge in [0.05, 0.1) is 35.1 Å². The minimum absolute atomic E-state index is 0.0137. The van der Waals surface area contributed by atoms with Crippen molar-refractivity contribution in [2.75, 3.05) is 24.5 Å². The first kappa shape index (κ1) is 29.6.